The predicted octanol–water partition coefficient (Wildman–Crippen LogP) is 5.30. The van der Waals surface area contributed by atoms with Crippen LogP contribution in [0.25, 0.3) is 5.76 Å². The maximum Gasteiger partial charge on any atom is 0.126 e. The molecule has 0 bridgehead atoms. The van der Waals surface area contributed by atoms with Crippen molar-refractivity contribution >= 4 is 5.76 Å². The van der Waals surface area contributed by atoms with Crippen LogP contribution in [0.4, 0.5) is 0 Å². The molecule has 0 spiro atoms. The smallest absolute Gasteiger partial charge is 0.126 e. The fourth-order valence-electron chi connectivity index (χ4n) is 2.35. The molecular weight excluding hydrogens is 244 g/mol. The first-order valence-electron chi connectivity index (χ1n) is 7.70. The van der Waals surface area contributed by atoms with E-state index in [-0.39, 0.29) is 0 Å². The van der Waals surface area contributed by atoms with Crippen LogP contribution in [0.15, 0.2) is 18.2 Å². The summed E-state index contributed by atoms with van der Waals surface area (Å²) in [6.07, 6.45) is 6.28. The molecule has 1 nitrogen and oxygen atoms in total. The van der Waals surface area contributed by atoms with Gasteiger partial charge in [-0.2, -0.15) is 0 Å². The Morgan fingerprint density at radius 3 is 2.65 bits per heavy atom. The molecule has 20 heavy (non-hydrogen) atoms. The number of benzene rings is 1. The summed E-state index contributed by atoms with van der Waals surface area (Å²) in [7, 11) is 1.60. The number of aryl methyl sites for hydroxylation is 1. The lowest BCUT2D eigenvalue weighted by Crippen LogP contribution is -1.99. The van der Waals surface area contributed by atoms with Crippen LogP contribution in [0.1, 0.15) is 57.6 Å². The maximum absolute atomic E-state index is 5.79. The Labute approximate surface area is 125 Å². The van der Waals surface area contributed by atoms with E-state index in [2.05, 4.69) is 32.9 Å². The summed E-state index contributed by atoms with van der Waals surface area (Å²) in [5.74, 6) is 2.07. The van der Waals surface area contributed by atoms with Crippen LogP contribution in [0.5, 0.6) is 0 Å². The van der Waals surface area contributed by atoms with E-state index in [1.807, 2.05) is 12.1 Å². The van der Waals surface area contributed by atoms with Gasteiger partial charge in [-0.3, -0.25) is 0 Å². The molecular formula is C19H28O. The summed E-state index contributed by atoms with van der Waals surface area (Å²) < 4.78 is 5.07. The van der Waals surface area contributed by atoms with E-state index in [0.29, 0.717) is 5.76 Å². The van der Waals surface area contributed by atoms with Crippen LogP contribution >= 0.6 is 0 Å². The van der Waals surface area contributed by atoms with Crippen LogP contribution in [-0.2, 0) is 11.2 Å². The molecule has 1 atom stereocenters. The standard InChI is InChI=1S/C19H28O/c1-15(2)8-6-9-16(3)12-13-18-10-7-11-19(14-18)17(4)20-5/h4,7,11,14-16H,6,8-9,12-13H2,1-3,5H3. The molecule has 0 saturated heterocycles. The van der Waals surface area contributed by atoms with Crippen LogP contribution in [0.3, 0.4) is 0 Å². The lowest BCUT2D eigenvalue weighted by molar-refractivity contribution is 0.370. The second-order valence-electron chi connectivity index (χ2n) is 6.14. The van der Waals surface area contributed by atoms with Gasteiger partial charge in [-0.25, -0.2) is 0 Å². The van der Waals surface area contributed by atoms with E-state index >= 15 is 0 Å². The average molecular weight is 272 g/mol. The van der Waals surface area contributed by atoms with E-state index in [1.54, 1.807) is 7.11 Å². The zero-order chi connectivity index (χ0) is 15.0. The minimum atomic E-state index is 0.477. The largest absolute Gasteiger partial charge is 0.496 e. The van der Waals surface area contributed by atoms with Crippen LogP contribution in [0.2, 0.25) is 0 Å². The van der Waals surface area contributed by atoms with E-state index in [0.717, 1.165) is 23.8 Å². The first-order chi connectivity index (χ1) is 9.52. The van der Waals surface area contributed by atoms with Gasteiger partial charge in [0.25, 0.3) is 0 Å². The molecule has 1 heteroatoms. The summed E-state index contributed by atoms with van der Waals surface area (Å²) >= 11 is 0. The lowest BCUT2D eigenvalue weighted by atomic mass is 9.94. The van der Waals surface area contributed by atoms with Crippen molar-refractivity contribution in [1.29, 1.82) is 0 Å². The van der Waals surface area contributed by atoms with Gasteiger partial charge in [0.2, 0.25) is 0 Å². The Kier molecular flexibility index (Phi) is 7.43. The third-order valence-corrected chi connectivity index (χ3v) is 3.75. The molecule has 0 aromatic heterocycles. The quantitative estimate of drug-likeness (QED) is 0.554. The number of hydrogen-bond donors (Lipinski definition) is 0. The van der Waals surface area contributed by atoms with Gasteiger partial charge >= 0.3 is 0 Å². The first kappa shape index (κ1) is 16.8. The molecule has 0 heterocycles. The van der Waals surface area contributed by atoms with Gasteiger partial charge in [0.1, 0.15) is 5.76 Å². The number of ether oxygens (including phenoxy) is 1. The SMILES string of the molecule is [CH]=C(OC)c1cc[c]c(CCC(C)CCCC(C)C)c1. The summed E-state index contributed by atoms with van der Waals surface area (Å²) in [5.41, 5.74) is 2.17. The van der Waals surface area contributed by atoms with E-state index in [1.165, 1.54) is 31.2 Å². The lowest BCUT2D eigenvalue weighted by Gasteiger charge is -2.13. The summed E-state index contributed by atoms with van der Waals surface area (Å²) in [6, 6.07) is 9.25. The van der Waals surface area contributed by atoms with Gasteiger partial charge in [0.05, 0.1) is 7.11 Å². The summed E-state index contributed by atoms with van der Waals surface area (Å²) in [4.78, 5) is 0. The van der Waals surface area contributed by atoms with Crippen molar-refractivity contribution in [2.24, 2.45) is 11.8 Å². The fourth-order valence-corrected chi connectivity index (χ4v) is 2.35. The zero-order valence-electron chi connectivity index (χ0n) is 13.4. The second kappa shape index (κ2) is 8.84. The molecule has 0 aliphatic carbocycles. The Balaban J connectivity index is 2.39. The van der Waals surface area contributed by atoms with Crippen molar-refractivity contribution in [3.05, 3.63) is 42.0 Å². The molecule has 0 aliphatic rings. The normalized spacial score (nSPS) is 12.4. The molecule has 0 fully saturated rings. The third-order valence-electron chi connectivity index (χ3n) is 3.75. The molecule has 2 radical (unpaired) electrons. The summed E-state index contributed by atoms with van der Waals surface area (Å²) in [6.45, 7) is 12.7. The minimum absolute atomic E-state index is 0.477. The first-order valence-corrected chi connectivity index (χ1v) is 7.70. The molecule has 110 valence electrons. The molecule has 1 aromatic rings. The number of rotatable bonds is 9. The zero-order valence-corrected chi connectivity index (χ0v) is 13.4. The fraction of sp³-hybridized carbons (Fsp3) is 0.579. The highest BCUT2D eigenvalue weighted by molar-refractivity contribution is 5.56. The van der Waals surface area contributed by atoms with Crippen molar-refractivity contribution in [3.63, 3.8) is 0 Å². The second-order valence-corrected chi connectivity index (χ2v) is 6.14. The molecule has 0 N–H and O–H groups in total. The Morgan fingerprint density at radius 2 is 2.00 bits per heavy atom. The molecule has 0 saturated carbocycles. The highest BCUT2D eigenvalue weighted by atomic mass is 16.5. The van der Waals surface area contributed by atoms with Crippen molar-refractivity contribution in [2.75, 3.05) is 7.11 Å². The monoisotopic (exact) mass is 272 g/mol. The van der Waals surface area contributed by atoms with Gasteiger partial charge < -0.3 is 4.74 Å². The highest BCUT2D eigenvalue weighted by Gasteiger charge is 2.05. The number of hydrogen-bond acceptors (Lipinski definition) is 1. The molecule has 0 amide bonds. The molecule has 1 rings (SSSR count). The minimum Gasteiger partial charge on any atom is -0.496 e. The number of methoxy groups -OCH3 is 1. The van der Waals surface area contributed by atoms with Gasteiger partial charge in [0.15, 0.2) is 0 Å². The summed E-state index contributed by atoms with van der Waals surface area (Å²) in [5, 5.41) is 0. The molecule has 1 aromatic carbocycles. The van der Waals surface area contributed by atoms with Crippen molar-refractivity contribution in [3.8, 4) is 0 Å². The Morgan fingerprint density at radius 1 is 1.25 bits per heavy atom. The molecule has 0 aliphatic heterocycles. The Hall–Kier alpha value is -1.24. The van der Waals surface area contributed by atoms with Gasteiger partial charge in [0, 0.05) is 5.56 Å². The van der Waals surface area contributed by atoms with E-state index < -0.39 is 0 Å². The van der Waals surface area contributed by atoms with Crippen LogP contribution < -0.4 is 0 Å². The van der Waals surface area contributed by atoms with Gasteiger partial charge in [-0.05, 0) is 49.0 Å². The third kappa shape index (κ3) is 6.27. The van der Waals surface area contributed by atoms with Gasteiger partial charge in [-0.1, -0.05) is 52.2 Å². The van der Waals surface area contributed by atoms with Crippen molar-refractivity contribution < 1.29 is 4.74 Å². The van der Waals surface area contributed by atoms with Crippen LogP contribution in [-0.4, -0.2) is 7.11 Å². The Bertz CT molecular complexity index is 406. The van der Waals surface area contributed by atoms with Crippen molar-refractivity contribution in [2.45, 2.75) is 52.9 Å². The molecule has 1 unspecified atom stereocenters. The van der Waals surface area contributed by atoms with Crippen LogP contribution in [0, 0.1) is 24.5 Å². The van der Waals surface area contributed by atoms with Gasteiger partial charge in [-0.15, -0.1) is 0 Å². The average Bonchev–Trinajstić information content (AvgIpc) is 2.44. The van der Waals surface area contributed by atoms with Crippen molar-refractivity contribution in [1.82, 2.24) is 0 Å². The van der Waals surface area contributed by atoms with E-state index in [9.17, 15) is 0 Å². The topological polar surface area (TPSA) is 9.23 Å². The highest BCUT2D eigenvalue weighted by Crippen LogP contribution is 2.19. The maximum atomic E-state index is 5.79. The predicted molar refractivity (Wildman–Crippen MR) is 86.2 cm³/mol. The van der Waals surface area contributed by atoms with E-state index in [4.69, 9.17) is 11.3 Å².